The Morgan fingerprint density at radius 2 is 1.94 bits per heavy atom. The minimum atomic E-state index is -0.745. The van der Waals surface area contributed by atoms with Crippen molar-refractivity contribution >= 4 is 11.9 Å². The fourth-order valence-corrected chi connectivity index (χ4v) is 1.33. The van der Waals surface area contributed by atoms with E-state index in [1.165, 1.54) is 0 Å². The number of nitriles is 1. The third-order valence-electron chi connectivity index (χ3n) is 2.30. The summed E-state index contributed by atoms with van der Waals surface area (Å²) in [6.45, 7) is 4.97. The van der Waals surface area contributed by atoms with Crippen LogP contribution in [0.3, 0.4) is 0 Å². The molecule has 0 N–H and O–H groups in total. The van der Waals surface area contributed by atoms with Gasteiger partial charge in [-0.1, -0.05) is 20.8 Å². The predicted molar refractivity (Wildman–Crippen MR) is 64.4 cm³/mol. The van der Waals surface area contributed by atoms with E-state index in [1.807, 2.05) is 0 Å². The van der Waals surface area contributed by atoms with Gasteiger partial charge in [0, 0.05) is 11.0 Å². The lowest BCUT2D eigenvalue weighted by Gasteiger charge is -2.15. The average Bonchev–Trinajstić information content (AvgIpc) is 2.28. The van der Waals surface area contributed by atoms with Crippen molar-refractivity contribution < 1.29 is 13.6 Å². The molecule has 0 bridgehead atoms. The molecule has 2 nitrogen and oxygen atoms in total. The molecule has 1 aromatic carbocycles. The lowest BCUT2D eigenvalue weighted by Crippen LogP contribution is -2.21. The van der Waals surface area contributed by atoms with Crippen LogP contribution in [0.4, 0.5) is 8.78 Å². The van der Waals surface area contributed by atoms with Crippen LogP contribution in [-0.4, -0.2) is 5.78 Å². The lowest BCUT2D eigenvalue weighted by molar-refractivity contribution is -0.121. The van der Waals surface area contributed by atoms with E-state index in [2.05, 4.69) is 0 Å². The summed E-state index contributed by atoms with van der Waals surface area (Å²) in [5.74, 6) is -1.71. The van der Waals surface area contributed by atoms with E-state index in [4.69, 9.17) is 5.26 Å². The summed E-state index contributed by atoms with van der Waals surface area (Å²) < 4.78 is 26.4. The van der Waals surface area contributed by atoms with Gasteiger partial charge in [0.1, 0.15) is 17.7 Å². The van der Waals surface area contributed by atoms with Gasteiger partial charge in [-0.05, 0) is 24.3 Å². The summed E-state index contributed by atoms with van der Waals surface area (Å²) in [5.41, 5.74) is -1.04. The Labute approximate surface area is 105 Å². The largest absolute Gasteiger partial charge is 0.293 e. The monoisotopic (exact) mass is 249 g/mol. The van der Waals surface area contributed by atoms with Gasteiger partial charge < -0.3 is 0 Å². The van der Waals surface area contributed by atoms with E-state index in [1.54, 1.807) is 26.8 Å². The predicted octanol–water partition coefficient (Wildman–Crippen LogP) is 3.49. The molecule has 0 amide bonds. The number of hydrogen-bond acceptors (Lipinski definition) is 2. The number of ketones is 1. The maximum atomic E-state index is 13.4. The molecule has 0 unspecified atom stereocenters. The number of halogens is 2. The van der Waals surface area contributed by atoms with Crippen LogP contribution >= 0.6 is 0 Å². The molecular formula is C14H13F2NO. The normalized spacial score (nSPS) is 12.1. The van der Waals surface area contributed by atoms with Crippen molar-refractivity contribution in [3.05, 3.63) is 41.0 Å². The molecule has 0 saturated heterocycles. The zero-order valence-electron chi connectivity index (χ0n) is 10.4. The number of benzene rings is 1. The van der Waals surface area contributed by atoms with Gasteiger partial charge in [0.25, 0.3) is 0 Å². The van der Waals surface area contributed by atoms with Gasteiger partial charge in [-0.2, -0.15) is 5.26 Å². The summed E-state index contributed by atoms with van der Waals surface area (Å²) in [7, 11) is 0. The number of nitrogens with zero attached hydrogens (tertiary/aromatic N) is 1. The molecule has 0 heterocycles. The number of Topliss-reactive ketones (excluding diaryl/α,β-unsaturated/α-hetero) is 1. The standard InChI is InChI=1S/C14H13F2NO/c1-14(2,3)13(18)10(8-17)6-9-7-11(15)4-5-12(9)16/h4-7H,1-3H3/b10-6+. The van der Waals surface area contributed by atoms with Gasteiger partial charge in [-0.3, -0.25) is 4.79 Å². The molecule has 0 aliphatic rings. The summed E-state index contributed by atoms with van der Waals surface area (Å²) in [6, 6.07) is 4.61. The van der Waals surface area contributed by atoms with Crippen molar-refractivity contribution in [2.75, 3.05) is 0 Å². The van der Waals surface area contributed by atoms with Gasteiger partial charge in [-0.15, -0.1) is 0 Å². The quantitative estimate of drug-likeness (QED) is 0.594. The number of allylic oxidation sites excluding steroid dienone is 1. The van der Waals surface area contributed by atoms with Crippen LogP contribution < -0.4 is 0 Å². The highest BCUT2D eigenvalue weighted by Gasteiger charge is 2.25. The second-order valence-corrected chi connectivity index (χ2v) is 4.91. The summed E-state index contributed by atoms with van der Waals surface area (Å²) in [5, 5.41) is 8.93. The van der Waals surface area contributed by atoms with Gasteiger partial charge >= 0.3 is 0 Å². The van der Waals surface area contributed by atoms with E-state index in [0.29, 0.717) is 0 Å². The number of carbonyl (C=O) groups is 1. The van der Waals surface area contributed by atoms with Gasteiger partial charge in [-0.25, -0.2) is 8.78 Å². The maximum Gasteiger partial charge on any atom is 0.178 e. The van der Waals surface area contributed by atoms with Crippen molar-refractivity contribution in [1.29, 1.82) is 5.26 Å². The van der Waals surface area contributed by atoms with Crippen molar-refractivity contribution in [1.82, 2.24) is 0 Å². The first kappa shape index (κ1) is 14.0. The topological polar surface area (TPSA) is 40.9 Å². The van der Waals surface area contributed by atoms with Crippen LogP contribution in [0.2, 0.25) is 0 Å². The van der Waals surface area contributed by atoms with Crippen LogP contribution in [0.1, 0.15) is 26.3 Å². The fraction of sp³-hybridized carbons (Fsp3) is 0.286. The highest BCUT2D eigenvalue weighted by atomic mass is 19.1. The SMILES string of the molecule is CC(C)(C)C(=O)/C(C#N)=C/c1cc(F)ccc1F. The Hall–Kier alpha value is -2.02. The molecule has 1 rings (SSSR count). The minimum absolute atomic E-state index is 0.107. The van der Waals surface area contributed by atoms with Crippen molar-refractivity contribution in [2.24, 2.45) is 5.41 Å². The molecule has 0 radical (unpaired) electrons. The smallest absolute Gasteiger partial charge is 0.178 e. The Morgan fingerprint density at radius 3 is 2.44 bits per heavy atom. The average molecular weight is 249 g/mol. The lowest BCUT2D eigenvalue weighted by atomic mass is 9.86. The highest BCUT2D eigenvalue weighted by molar-refractivity contribution is 6.06. The van der Waals surface area contributed by atoms with Crippen LogP contribution in [0.15, 0.2) is 23.8 Å². The number of hydrogen-bond donors (Lipinski definition) is 0. The van der Waals surface area contributed by atoms with E-state index >= 15 is 0 Å². The highest BCUT2D eigenvalue weighted by Crippen LogP contribution is 2.22. The Balaban J connectivity index is 3.25. The molecule has 94 valence electrons. The Morgan fingerprint density at radius 1 is 1.33 bits per heavy atom. The first-order valence-corrected chi connectivity index (χ1v) is 5.37. The van der Waals surface area contributed by atoms with Gasteiger partial charge in [0.05, 0.1) is 5.57 Å². The second-order valence-electron chi connectivity index (χ2n) is 4.91. The molecule has 1 aromatic rings. The Bertz CT molecular complexity index is 548. The van der Waals surface area contributed by atoms with E-state index in [-0.39, 0.29) is 11.1 Å². The van der Waals surface area contributed by atoms with E-state index in [0.717, 1.165) is 24.3 Å². The third-order valence-corrected chi connectivity index (χ3v) is 2.30. The molecule has 0 aliphatic heterocycles. The maximum absolute atomic E-state index is 13.4. The zero-order chi connectivity index (χ0) is 13.9. The van der Waals surface area contributed by atoms with Crippen molar-refractivity contribution in [3.8, 4) is 6.07 Å². The summed E-state index contributed by atoms with van der Waals surface area (Å²) in [4.78, 5) is 11.9. The van der Waals surface area contributed by atoms with Crippen LogP contribution in [0.25, 0.3) is 6.08 Å². The molecule has 0 saturated carbocycles. The first-order chi connectivity index (χ1) is 8.25. The van der Waals surface area contributed by atoms with Crippen molar-refractivity contribution in [2.45, 2.75) is 20.8 Å². The molecule has 18 heavy (non-hydrogen) atoms. The van der Waals surface area contributed by atoms with Crippen LogP contribution in [0.5, 0.6) is 0 Å². The van der Waals surface area contributed by atoms with E-state index < -0.39 is 22.8 Å². The van der Waals surface area contributed by atoms with Gasteiger partial charge in [0.2, 0.25) is 0 Å². The zero-order valence-corrected chi connectivity index (χ0v) is 10.4. The van der Waals surface area contributed by atoms with Crippen LogP contribution in [0, 0.1) is 28.4 Å². The molecular weight excluding hydrogens is 236 g/mol. The molecule has 0 atom stereocenters. The number of carbonyl (C=O) groups excluding carboxylic acids is 1. The second kappa shape index (κ2) is 5.09. The summed E-state index contributed by atoms with van der Waals surface area (Å²) in [6.07, 6.45) is 1.08. The van der Waals surface area contributed by atoms with E-state index in [9.17, 15) is 13.6 Å². The third kappa shape index (κ3) is 3.24. The minimum Gasteiger partial charge on any atom is -0.293 e. The first-order valence-electron chi connectivity index (χ1n) is 5.37. The van der Waals surface area contributed by atoms with Crippen molar-refractivity contribution in [3.63, 3.8) is 0 Å². The molecule has 0 fully saturated rings. The number of rotatable bonds is 2. The fourth-order valence-electron chi connectivity index (χ4n) is 1.33. The Kier molecular flexibility index (Phi) is 3.97. The van der Waals surface area contributed by atoms with Gasteiger partial charge in [0.15, 0.2) is 5.78 Å². The molecule has 0 aromatic heterocycles. The van der Waals surface area contributed by atoms with Crippen LogP contribution in [-0.2, 0) is 4.79 Å². The molecule has 0 spiro atoms. The molecule has 0 aliphatic carbocycles. The summed E-state index contributed by atoms with van der Waals surface area (Å²) >= 11 is 0. The molecule has 4 heteroatoms.